The Hall–Kier alpha value is -12.1. The number of nitrogens with zero attached hydrogens (tertiary/aromatic N) is 8. The Morgan fingerprint density at radius 1 is 0.326 bits per heavy atom. The molecule has 0 saturated carbocycles. The lowest BCUT2D eigenvalue weighted by atomic mass is 9.87. The van der Waals surface area contributed by atoms with Crippen LogP contribution in [0.2, 0.25) is 0 Å². The number of aromatic nitrogens is 1. The van der Waals surface area contributed by atoms with Crippen molar-refractivity contribution in [2.75, 3.05) is 10.6 Å². The molecule has 7 heterocycles. The van der Waals surface area contributed by atoms with Gasteiger partial charge in [0.25, 0.3) is 0 Å². The van der Waals surface area contributed by atoms with Gasteiger partial charge in [-0.15, -0.1) is 21.0 Å². The SMILES string of the molecule is CC(C)c1cccc(C(C)C)c1OC1=CC2C3=NC4NN(NN5N=C(Nc6[nH]c(c7cc(Oc8c(C(C)C)cccc8C(C)C)c(Oc8c(C(C)C)cccc8C(C)C)cc67)NC(N3)C2C=C1Oc1c(C(C)C)cccc1C(C)C)C1=CC(Oc2c(C(C)C)cccc2C(C)C)C(Oc2c(C(C)C)cccc2C(C)C)=CN15)N1NN(Oc2c(C(C)C)cccc2C(C)C)N(Oc2c(C(C)C)cccc2C(C)C)NC41. The molecule has 17 rings (SSSR count). The van der Waals surface area contributed by atoms with Crippen molar-refractivity contribution in [2.24, 2.45) is 21.9 Å². The first kappa shape index (κ1) is 103. The Labute approximate surface area is 855 Å². The van der Waals surface area contributed by atoms with E-state index in [0.717, 1.165) is 134 Å². The summed E-state index contributed by atoms with van der Waals surface area (Å²) in [6.45, 7) is 71.1. The van der Waals surface area contributed by atoms with Crippen LogP contribution in [-0.4, -0.2) is 72.4 Å². The van der Waals surface area contributed by atoms with Crippen LogP contribution >= 0.6 is 0 Å². The molecular weight excluding hydrogens is 1790 g/mol. The van der Waals surface area contributed by atoms with E-state index in [0.29, 0.717) is 69.3 Å². The number of aromatic amines is 1. The number of anilines is 2. The van der Waals surface area contributed by atoms with Crippen LogP contribution in [0.1, 0.15) is 405 Å². The minimum absolute atomic E-state index is 0.0374. The molecule has 10 aromatic rings. The zero-order valence-electron chi connectivity index (χ0n) is 90.9. The van der Waals surface area contributed by atoms with Crippen LogP contribution in [0.4, 0.5) is 11.6 Å². The van der Waals surface area contributed by atoms with E-state index in [2.05, 4.69) is 440 Å². The van der Waals surface area contributed by atoms with Gasteiger partial charge in [0, 0.05) is 22.6 Å². The summed E-state index contributed by atoms with van der Waals surface area (Å²) in [5.74, 6) is 11.1. The zero-order valence-corrected chi connectivity index (χ0v) is 90.9. The quantitative estimate of drug-likeness (QED) is 0.0197. The molecule has 24 heteroatoms. The average Bonchev–Trinajstić information content (AvgIpc) is 1.58. The van der Waals surface area contributed by atoms with Crippen molar-refractivity contribution in [3.63, 3.8) is 0 Å². The summed E-state index contributed by atoms with van der Waals surface area (Å²) in [6.07, 6.45) is 5.20. The average molecular weight is 1950 g/mol. The number of aliphatic imine (C=N–C) groups is 1. The van der Waals surface area contributed by atoms with Gasteiger partial charge in [-0.3, -0.25) is 0 Å². The lowest BCUT2D eigenvalue weighted by Gasteiger charge is -2.45. The van der Waals surface area contributed by atoms with E-state index in [4.69, 9.17) is 48.2 Å². The number of H-pyrrole nitrogens is 1. The van der Waals surface area contributed by atoms with E-state index in [1.54, 1.807) is 15.7 Å². The fourth-order valence-electron chi connectivity index (χ4n) is 20.6. The number of amidine groups is 2. The third-order valence-corrected chi connectivity index (χ3v) is 28.8. The fourth-order valence-corrected chi connectivity index (χ4v) is 20.6. The van der Waals surface area contributed by atoms with Gasteiger partial charge in [0.05, 0.1) is 16.8 Å². The molecule has 1 aromatic heterocycles. The highest BCUT2D eigenvalue weighted by atomic mass is 16.9. The van der Waals surface area contributed by atoms with E-state index >= 15 is 0 Å². The number of para-hydroxylation sites is 8. The summed E-state index contributed by atoms with van der Waals surface area (Å²) in [5, 5.41) is 30.3. The van der Waals surface area contributed by atoms with Gasteiger partial charge in [0.1, 0.15) is 76.2 Å². The second-order valence-electron chi connectivity index (χ2n) is 44.8. The molecule has 7 aliphatic rings. The number of hydrogen-bond acceptors (Lipinski definition) is 23. The topological polar surface area (TPSA) is 218 Å². The van der Waals surface area contributed by atoms with Crippen molar-refractivity contribution in [3.05, 3.63) is 294 Å². The Balaban J connectivity index is 0.955. The van der Waals surface area contributed by atoms with Gasteiger partial charge in [0.15, 0.2) is 52.2 Å². The Morgan fingerprint density at radius 3 is 1.03 bits per heavy atom. The minimum Gasteiger partial charge on any atom is -0.478 e. The summed E-state index contributed by atoms with van der Waals surface area (Å²) in [7, 11) is 0. The fraction of sp³-hybridized carbons (Fsp3) is 0.450. The third-order valence-electron chi connectivity index (χ3n) is 28.8. The number of benzene rings is 9. The van der Waals surface area contributed by atoms with E-state index in [9.17, 15) is 0 Å². The van der Waals surface area contributed by atoms with Crippen LogP contribution in [0.5, 0.6) is 57.5 Å². The van der Waals surface area contributed by atoms with Crippen LogP contribution < -0.4 is 76.0 Å². The second-order valence-corrected chi connectivity index (χ2v) is 44.8. The van der Waals surface area contributed by atoms with Gasteiger partial charge < -0.3 is 59.0 Å². The third kappa shape index (κ3) is 20.6. The first-order chi connectivity index (χ1) is 68.6. The predicted octanol–water partition coefficient (Wildman–Crippen LogP) is 29.7. The monoisotopic (exact) mass is 1950 g/mol. The maximum absolute atomic E-state index is 7.86. The molecule has 3 fully saturated rings. The normalized spacial score (nSPS) is 19.4. The molecule has 7 unspecified atom stereocenters. The van der Waals surface area contributed by atoms with Crippen molar-refractivity contribution in [3.8, 4) is 57.5 Å². The van der Waals surface area contributed by atoms with Crippen LogP contribution in [0.3, 0.4) is 0 Å². The molecular formula is C120H156N16O8. The summed E-state index contributed by atoms with van der Waals surface area (Å²) in [6, 6.07) is 56.3. The highest BCUT2D eigenvalue weighted by Gasteiger charge is 2.53. The summed E-state index contributed by atoms with van der Waals surface area (Å²) in [4.78, 5) is 25.5. The zero-order chi connectivity index (χ0) is 103. The number of nitrogens with one attached hydrogen (secondary N) is 8. The Morgan fingerprint density at radius 2 is 0.660 bits per heavy atom. The van der Waals surface area contributed by atoms with Gasteiger partial charge >= 0.3 is 0 Å². The van der Waals surface area contributed by atoms with Gasteiger partial charge in [-0.25, -0.2) is 10.0 Å². The molecule has 764 valence electrons. The smallest absolute Gasteiger partial charge is 0.181 e. The molecule has 6 aliphatic heterocycles. The molecule has 0 spiro atoms. The van der Waals surface area contributed by atoms with Crippen LogP contribution in [-0.2, 0) is 0 Å². The van der Waals surface area contributed by atoms with Gasteiger partial charge in [-0.05, 0) is 214 Å². The van der Waals surface area contributed by atoms with Gasteiger partial charge in [-0.1, -0.05) is 378 Å². The minimum atomic E-state index is -0.962. The van der Waals surface area contributed by atoms with Crippen LogP contribution in [0.15, 0.2) is 215 Å². The second kappa shape index (κ2) is 42.5. The molecule has 3 saturated heterocycles. The molecule has 0 amide bonds. The van der Waals surface area contributed by atoms with Crippen molar-refractivity contribution >= 4 is 34.1 Å². The van der Waals surface area contributed by atoms with Gasteiger partial charge in [-0.2, -0.15) is 10.9 Å². The molecule has 24 nitrogen and oxygen atoms in total. The molecule has 8 bridgehead atoms. The molecule has 144 heavy (non-hydrogen) atoms. The highest BCUT2D eigenvalue weighted by Crippen LogP contribution is 2.53. The lowest BCUT2D eigenvalue weighted by molar-refractivity contribution is -0.456. The molecule has 1 aliphatic carbocycles. The van der Waals surface area contributed by atoms with E-state index in [-0.39, 0.29) is 94.7 Å². The maximum Gasteiger partial charge on any atom is 0.181 e. The Kier molecular flexibility index (Phi) is 30.5. The lowest BCUT2D eigenvalue weighted by Crippen LogP contribution is -2.78. The van der Waals surface area contributed by atoms with Crippen LogP contribution in [0.25, 0.3) is 10.8 Å². The first-order valence-electron chi connectivity index (χ1n) is 52.9. The van der Waals surface area contributed by atoms with Gasteiger partial charge in [0.2, 0.25) is 0 Å². The number of fused-ring (bicyclic) bond motifs is 19. The number of hydrazone groups is 1. The van der Waals surface area contributed by atoms with E-state index < -0.39 is 36.4 Å². The number of ether oxygens (including phenoxy) is 6. The molecule has 0 radical (unpaired) electrons. The number of hydrazine groups is 9. The molecule has 8 N–H and O–H groups in total. The van der Waals surface area contributed by atoms with Crippen molar-refractivity contribution in [1.82, 2.24) is 63.4 Å². The van der Waals surface area contributed by atoms with Crippen molar-refractivity contribution in [1.29, 1.82) is 0 Å². The highest BCUT2D eigenvalue weighted by molar-refractivity contribution is 6.14. The first-order valence-corrected chi connectivity index (χ1v) is 52.9. The largest absolute Gasteiger partial charge is 0.478 e. The number of hydrogen-bond donors (Lipinski definition) is 8. The summed E-state index contributed by atoms with van der Waals surface area (Å²) in [5.41, 5.74) is 33.0. The molecule has 7 atom stereocenters. The van der Waals surface area contributed by atoms with Crippen LogP contribution in [0, 0.1) is 11.8 Å². The summed E-state index contributed by atoms with van der Waals surface area (Å²) >= 11 is 0. The predicted molar refractivity (Wildman–Crippen MR) is 582 cm³/mol. The molecule has 9 aromatic carbocycles. The standard InChI is InChI=1S/C120H156N16O8/c1-63(2)79-41-33-42-80(64(3)4)106(79)137-100-57-95-97(59-102(100)139-108-83(67(9)10)45-35-46-84(108)68(11)12)116-122-114(95)121-115-96-58-101(138-107-81(65(5)6)43-34-44-82(107)66(7)8)103(140-109-85(69(13)14)47-36-48-86(109)70(15)16)60-98(96)117(123-115)125-119-120-128-135(143-112-91(75(25)26)53-39-54-92(112)76(27)28)136(144-113-93(77(29)30)55-40-56-94(113)78(31)32)129-132(120)134(127-119)130-133-126-118(124-116)99-61-104(141-110-87(71(17)18)49-37-50-88(110)72(19)20)105(62-131(99)133)142-111-89(73(21)22)51-38-52-90(111)74(23)24/h33-78,96,98,104,115,119-122,127-130H,1-32H3,(H,123,125)(H,124,126). The summed E-state index contributed by atoms with van der Waals surface area (Å²) < 4.78 is 47.0. The van der Waals surface area contributed by atoms with Crippen molar-refractivity contribution in [2.45, 2.75) is 341 Å². The number of rotatable bonds is 32. The van der Waals surface area contributed by atoms with E-state index in [1.165, 1.54) is 5.28 Å². The van der Waals surface area contributed by atoms with E-state index in [1.807, 2.05) is 16.3 Å². The Bertz CT molecular complexity index is 6370. The van der Waals surface area contributed by atoms with Crippen molar-refractivity contribution < 1.29 is 38.1 Å². The maximum atomic E-state index is 7.86.